The second kappa shape index (κ2) is 78.6. The van der Waals surface area contributed by atoms with Crippen LogP contribution >= 0.6 is 15.6 Å². The lowest BCUT2D eigenvalue weighted by molar-refractivity contribution is -0.161. The zero-order chi connectivity index (χ0) is 77.4. The van der Waals surface area contributed by atoms with E-state index in [2.05, 4.69) is 137 Å². The average molecular weight is 1530 g/mol. The zero-order valence-electron chi connectivity index (χ0n) is 66.8. The highest BCUT2D eigenvalue weighted by Crippen LogP contribution is 2.45. The fourth-order valence-electron chi connectivity index (χ4n) is 11.1. The lowest BCUT2D eigenvalue weighted by atomic mass is 10.0. The third-order valence-electron chi connectivity index (χ3n) is 17.5. The fraction of sp³-hybridized carbons (Fsp3) is 0.724. The van der Waals surface area contributed by atoms with Crippen LogP contribution in [-0.2, 0) is 65.4 Å². The van der Waals surface area contributed by atoms with Crippen LogP contribution in [0.4, 0.5) is 0 Å². The smallest absolute Gasteiger partial charge is 0.462 e. The Balaban J connectivity index is 5.44. The number of ether oxygens (including phenoxy) is 4. The Hall–Kier alpha value is -4.54. The van der Waals surface area contributed by atoms with Crippen molar-refractivity contribution in [2.24, 2.45) is 0 Å². The molecule has 610 valence electrons. The Bertz CT molecular complexity index is 2480. The van der Waals surface area contributed by atoms with Crippen LogP contribution in [0.1, 0.15) is 349 Å². The van der Waals surface area contributed by atoms with Crippen molar-refractivity contribution in [3.8, 4) is 0 Å². The number of esters is 4. The molecule has 0 aliphatic carbocycles. The van der Waals surface area contributed by atoms with Crippen LogP contribution in [0.5, 0.6) is 0 Å². The van der Waals surface area contributed by atoms with E-state index in [1.165, 1.54) is 141 Å². The summed E-state index contributed by atoms with van der Waals surface area (Å²) < 4.78 is 68.6. The molecule has 0 rings (SSSR count). The van der Waals surface area contributed by atoms with E-state index in [1.54, 1.807) is 0 Å². The monoisotopic (exact) mass is 1530 g/mol. The van der Waals surface area contributed by atoms with Gasteiger partial charge >= 0.3 is 39.5 Å². The normalized spacial score (nSPS) is 14.4. The number of phosphoric ester groups is 2. The fourth-order valence-corrected chi connectivity index (χ4v) is 12.7. The first kappa shape index (κ1) is 101. The average Bonchev–Trinajstić information content (AvgIpc) is 0.911. The number of aliphatic hydroxyl groups is 1. The van der Waals surface area contributed by atoms with E-state index in [1.807, 2.05) is 12.2 Å². The number of phosphoric acid groups is 2. The second-order valence-electron chi connectivity index (χ2n) is 27.7. The van der Waals surface area contributed by atoms with Crippen molar-refractivity contribution >= 4 is 39.5 Å². The van der Waals surface area contributed by atoms with Crippen molar-refractivity contribution in [1.29, 1.82) is 0 Å². The zero-order valence-corrected chi connectivity index (χ0v) is 68.6. The SMILES string of the molecule is CC/C=C\C/C=C\C/C=C\C/C=C\C/C=C\CCCCCC(=O)O[C@H](COC(=O)CCCCCCCCCCCCCCC)COP(=O)(O)OC[C@H](O)COP(=O)(O)OC[C@@H](COC(=O)CC/C=C\C/C=C\C/C=C\C/C=C\C/C=C\CCCCC)OC(=O)CCCCCCCCCCCCCCCCC. The van der Waals surface area contributed by atoms with Gasteiger partial charge in [-0.05, 0) is 109 Å². The number of hydrogen-bond acceptors (Lipinski definition) is 15. The molecular formula is C87H150O17P2. The molecule has 0 aromatic heterocycles. The highest BCUT2D eigenvalue weighted by molar-refractivity contribution is 7.47. The van der Waals surface area contributed by atoms with Gasteiger partial charge in [0.25, 0.3) is 0 Å². The van der Waals surface area contributed by atoms with Crippen molar-refractivity contribution in [2.75, 3.05) is 39.6 Å². The summed E-state index contributed by atoms with van der Waals surface area (Å²) in [6.07, 6.45) is 87.5. The molecule has 0 radical (unpaired) electrons. The van der Waals surface area contributed by atoms with Gasteiger partial charge in [-0.1, -0.05) is 335 Å². The van der Waals surface area contributed by atoms with Crippen molar-refractivity contribution in [2.45, 2.75) is 367 Å². The van der Waals surface area contributed by atoms with Crippen LogP contribution in [-0.4, -0.2) is 96.7 Å². The first-order chi connectivity index (χ1) is 51.7. The lowest BCUT2D eigenvalue weighted by Crippen LogP contribution is -2.30. The lowest BCUT2D eigenvalue weighted by Gasteiger charge is -2.21. The van der Waals surface area contributed by atoms with Gasteiger partial charge in [0.2, 0.25) is 0 Å². The summed E-state index contributed by atoms with van der Waals surface area (Å²) in [4.78, 5) is 73.1. The van der Waals surface area contributed by atoms with Crippen LogP contribution in [0.25, 0.3) is 0 Å². The maximum Gasteiger partial charge on any atom is 0.472 e. The Labute approximate surface area is 644 Å². The van der Waals surface area contributed by atoms with Gasteiger partial charge in [-0.3, -0.25) is 37.3 Å². The number of rotatable bonds is 78. The van der Waals surface area contributed by atoms with Crippen molar-refractivity contribution < 1.29 is 80.2 Å². The van der Waals surface area contributed by atoms with Crippen molar-refractivity contribution in [1.82, 2.24) is 0 Å². The highest BCUT2D eigenvalue weighted by atomic mass is 31.2. The topological polar surface area (TPSA) is 237 Å². The summed E-state index contributed by atoms with van der Waals surface area (Å²) in [5.41, 5.74) is 0. The molecule has 0 aromatic carbocycles. The molecule has 0 saturated carbocycles. The second-order valence-corrected chi connectivity index (χ2v) is 30.6. The minimum atomic E-state index is -5.00. The van der Waals surface area contributed by atoms with Crippen molar-refractivity contribution in [3.05, 3.63) is 122 Å². The third-order valence-corrected chi connectivity index (χ3v) is 19.4. The largest absolute Gasteiger partial charge is 0.472 e. The molecule has 5 atom stereocenters. The Morgan fingerprint density at radius 2 is 0.509 bits per heavy atom. The summed E-state index contributed by atoms with van der Waals surface area (Å²) >= 11 is 0. The summed E-state index contributed by atoms with van der Waals surface area (Å²) in [5.74, 6) is -2.29. The van der Waals surface area contributed by atoms with Gasteiger partial charge in [0, 0.05) is 25.7 Å². The number of carbonyl (C=O) groups is 4. The van der Waals surface area contributed by atoms with E-state index in [-0.39, 0.29) is 25.7 Å². The van der Waals surface area contributed by atoms with Crippen LogP contribution in [0.2, 0.25) is 0 Å². The van der Waals surface area contributed by atoms with E-state index in [0.717, 1.165) is 122 Å². The molecule has 0 amide bonds. The summed E-state index contributed by atoms with van der Waals surface area (Å²) in [5, 5.41) is 10.7. The molecule has 3 N–H and O–H groups in total. The minimum Gasteiger partial charge on any atom is -0.462 e. The molecule has 17 nitrogen and oxygen atoms in total. The van der Waals surface area contributed by atoms with Crippen LogP contribution in [0.3, 0.4) is 0 Å². The molecule has 106 heavy (non-hydrogen) atoms. The predicted octanol–water partition coefficient (Wildman–Crippen LogP) is 24.7. The first-order valence-electron chi connectivity index (χ1n) is 41.8. The van der Waals surface area contributed by atoms with Gasteiger partial charge in [-0.15, -0.1) is 0 Å². The molecule has 0 aromatic rings. The van der Waals surface area contributed by atoms with Crippen molar-refractivity contribution in [3.63, 3.8) is 0 Å². The maximum absolute atomic E-state index is 13.1. The number of hydrogen-bond donors (Lipinski definition) is 3. The molecule has 19 heteroatoms. The van der Waals surface area contributed by atoms with Gasteiger partial charge in [0.15, 0.2) is 12.2 Å². The summed E-state index contributed by atoms with van der Waals surface area (Å²) in [6, 6.07) is 0. The highest BCUT2D eigenvalue weighted by Gasteiger charge is 2.30. The molecule has 0 bridgehead atoms. The minimum absolute atomic E-state index is 0.0382. The summed E-state index contributed by atoms with van der Waals surface area (Å²) in [6.45, 7) is 4.66. The predicted molar refractivity (Wildman–Crippen MR) is 436 cm³/mol. The third kappa shape index (κ3) is 77.6. The van der Waals surface area contributed by atoms with Gasteiger partial charge < -0.3 is 33.8 Å². The molecule has 0 aliphatic rings. The van der Waals surface area contributed by atoms with Gasteiger partial charge in [-0.2, -0.15) is 0 Å². The number of carbonyl (C=O) groups excluding carboxylic acids is 4. The molecular weight excluding hydrogens is 1380 g/mol. The molecule has 0 saturated heterocycles. The molecule has 0 fully saturated rings. The van der Waals surface area contributed by atoms with Crippen LogP contribution in [0, 0.1) is 0 Å². The van der Waals surface area contributed by atoms with E-state index in [0.29, 0.717) is 32.1 Å². The van der Waals surface area contributed by atoms with Crippen LogP contribution in [0.15, 0.2) is 122 Å². The standard InChI is InChI=1S/C87H150O17P2/c1-5-9-13-17-21-25-29-33-36-38-40-42-45-48-52-56-60-64-68-72-85(90)98-78-83(103-86(91)73-69-65-61-57-53-49-44-35-31-27-23-19-15-11-7-3)80-102-106(95,96)100-76-81(88)75-99-105(93,94)101-79-82(77-97-84(89)71-67-63-59-55-51-47-32-28-24-20-16-12-8-4)104-87(92)74-70-66-62-58-54-50-46-43-41-39-37-34-30-26-22-18-14-10-6-2/h10,14,21-22,25-26,33-34,36-37,40-43,48,50,52,54,60,64,81-83,88H,5-9,11-13,15-20,23-24,27-32,35,38-39,44-47,49,51,53,55-59,61-63,65-80H2,1-4H3,(H,93,94)(H,95,96)/b14-10-,25-21-,26-22-,36-33-,37-34-,42-40-,43-41-,52-48-,54-50-,64-60-/t81-,82+,83+/m0/s1. The van der Waals surface area contributed by atoms with Crippen LogP contribution < -0.4 is 0 Å². The number of allylic oxidation sites excluding steroid dienone is 20. The van der Waals surface area contributed by atoms with Gasteiger partial charge in [0.05, 0.1) is 26.4 Å². The molecule has 0 heterocycles. The maximum atomic E-state index is 13.1. The van der Waals surface area contributed by atoms with E-state index in [9.17, 15) is 43.2 Å². The Morgan fingerprint density at radius 3 is 0.830 bits per heavy atom. The Kier molecular flexibility index (Phi) is 75.2. The molecule has 2 unspecified atom stereocenters. The summed E-state index contributed by atoms with van der Waals surface area (Å²) in [7, 11) is -9.99. The number of unbranched alkanes of at least 4 members (excludes halogenated alkanes) is 32. The Morgan fingerprint density at radius 1 is 0.274 bits per heavy atom. The molecule has 0 aliphatic heterocycles. The van der Waals surface area contributed by atoms with E-state index >= 15 is 0 Å². The van der Waals surface area contributed by atoms with Gasteiger partial charge in [-0.25, -0.2) is 9.13 Å². The van der Waals surface area contributed by atoms with Gasteiger partial charge in [0.1, 0.15) is 19.3 Å². The van der Waals surface area contributed by atoms with E-state index in [4.69, 9.17) is 37.0 Å². The van der Waals surface area contributed by atoms with E-state index < -0.39 is 97.5 Å². The first-order valence-corrected chi connectivity index (χ1v) is 44.8. The molecule has 0 spiro atoms. The number of aliphatic hydroxyl groups excluding tert-OH is 1. The quantitative estimate of drug-likeness (QED) is 0.0169.